The van der Waals surface area contributed by atoms with E-state index in [-0.39, 0.29) is 6.61 Å². The first-order valence-electron chi connectivity index (χ1n) is 5.32. The van der Waals surface area contributed by atoms with Crippen molar-refractivity contribution in [1.29, 1.82) is 0 Å². The lowest BCUT2D eigenvalue weighted by atomic mass is 10.3. The molecule has 0 radical (unpaired) electrons. The molecule has 0 aromatic heterocycles. The number of nitrogens with one attached hydrogen (secondary N) is 1. The molecule has 0 bridgehead atoms. The highest BCUT2D eigenvalue weighted by molar-refractivity contribution is 7.87. The highest BCUT2D eigenvalue weighted by atomic mass is 32.2. The van der Waals surface area contributed by atoms with Crippen LogP contribution in [0.15, 0.2) is 0 Å². The first kappa shape index (κ1) is 12.9. The first-order valence-corrected chi connectivity index (χ1v) is 6.76. The molecule has 0 heterocycles. The molecule has 0 unspecified atom stereocenters. The fraction of sp³-hybridized carbons (Fsp3) is 1.00. The average molecular weight is 236 g/mol. The second-order valence-electron chi connectivity index (χ2n) is 4.22. The molecule has 0 amide bonds. The molecule has 1 fully saturated rings. The van der Waals surface area contributed by atoms with Crippen LogP contribution in [0.25, 0.3) is 0 Å². The second-order valence-corrected chi connectivity index (χ2v) is 6.00. The Hall–Kier alpha value is -0.170. The summed E-state index contributed by atoms with van der Waals surface area (Å²) >= 11 is 0. The summed E-state index contributed by atoms with van der Waals surface area (Å²) in [4.78, 5) is 0. The van der Waals surface area contributed by atoms with Crippen molar-refractivity contribution in [2.24, 2.45) is 0 Å². The van der Waals surface area contributed by atoms with Crippen molar-refractivity contribution < 1.29 is 13.5 Å². The summed E-state index contributed by atoms with van der Waals surface area (Å²) in [7, 11) is -1.86. The van der Waals surface area contributed by atoms with Crippen LogP contribution in [0, 0.1) is 0 Å². The zero-order valence-corrected chi connectivity index (χ0v) is 10.2. The topological polar surface area (TPSA) is 69.6 Å². The molecule has 0 spiro atoms. The van der Waals surface area contributed by atoms with E-state index in [4.69, 9.17) is 5.11 Å². The summed E-state index contributed by atoms with van der Waals surface area (Å²) in [5.41, 5.74) is -0.570. The molecule has 2 N–H and O–H groups in total. The van der Waals surface area contributed by atoms with Crippen LogP contribution in [0.3, 0.4) is 0 Å². The van der Waals surface area contributed by atoms with E-state index >= 15 is 0 Å². The van der Waals surface area contributed by atoms with E-state index in [1.807, 2.05) is 6.92 Å². The molecule has 0 aliphatic heterocycles. The zero-order chi connectivity index (χ0) is 11.5. The van der Waals surface area contributed by atoms with Crippen molar-refractivity contribution in [2.75, 3.05) is 20.2 Å². The van der Waals surface area contributed by atoms with Crippen LogP contribution in [0.2, 0.25) is 0 Å². The lowest BCUT2D eigenvalue weighted by molar-refractivity contribution is 0.244. The Morgan fingerprint density at radius 2 is 2.07 bits per heavy atom. The predicted octanol–water partition coefficient (Wildman–Crippen LogP) is 0.0776. The Labute approximate surface area is 91.7 Å². The Morgan fingerprint density at radius 3 is 2.47 bits per heavy atom. The van der Waals surface area contributed by atoms with Crippen molar-refractivity contribution in [2.45, 2.75) is 38.1 Å². The summed E-state index contributed by atoms with van der Waals surface area (Å²) in [5.74, 6) is 0. The molecule has 0 saturated heterocycles. The fourth-order valence-electron chi connectivity index (χ4n) is 1.30. The molecule has 15 heavy (non-hydrogen) atoms. The SMILES string of the molecule is CCCCN(C)S(=O)(=O)NC1(CO)CC1. The number of aliphatic hydroxyl groups is 1. The quantitative estimate of drug-likeness (QED) is 0.657. The average Bonchev–Trinajstić information content (AvgIpc) is 2.94. The molecule has 1 aliphatic rings. The lowest BCUT2D eigenvalue weighted by Gasteiger charge is -2.21. The summed E-state index contributed by atoms with van der Waals surface area (Å²) in [6.45, 7) is 2.42. The molecule has 0 aromatic rings. The van der Waals surface area contributed by atoms with Crippen molar-refractivity contribution in [3.05, 3.63) is 0 Å². The zero-order valence-electron chi connectivity index (χ0n) is 9.36. The smallest absolute Gasteiger partial charge is 0.279 e. The van der Waals surface area contributed by atoms with Gasteiger partial charge in [0.2, 0.25) is 0 Å². The van der Waals surface area contributed by atoms with Gasteiger partial charge in [-0.05, 0) is 19.3 Å². The maximum atomic E-state index is 11.8. The molecule has 6 heteroatoms. The van der Waals surface area contributed by atoms with Crippen molar-refractivity contribution in [3.8, 4) is 0 Å². The van der Waals surface area contributed by atoms with Gasteiger partial charge in [0.1, 0.15) is 0 Å². The van der Waals surface area contributed by atoms with Gasteiger partial charge in [-0.2, -0.15) is 17.4 Å². The highest BCUT2D eigenvalue weighted by Crippen LogP contribution is 2.35. The summed E-state index contributed by atoms with van der Waals surface area (Å²) < 4.78 is 27.4. The summed E-state index contributed by atoms with van der Waals surface area (Å²) in [5, 5.41) is 9.03. The van der Waals surface area contributed by atoms with Gasteiger partial charge in [-0.25, -0.2) is 0 Å². The van der Waals surface area contributed by atoms with E-state index in [0.717, 1.165) is 25.7 Å². The minimum atomic E-state index is -3.42. The molecule has 90 valence electrons. The third kappa shape index (κ3) is 3.41. The standard InChI is InChI=1S/C9H20N2O3S/c1-3-4-7-11(2)15(13,14)10-9(8-12)5-6-9/h10,12H,3-8H2,1-2H3. The number of hydrogen-bond donors (Lipinski definition) is 2. The Bertz CT molecular complexity index is 298. The van der Waals surface area contributed by atoms with Gasteiger partial charge < -0.3 is 5.11 Å². The molecule has 1 aliphatic carbocycles. The molecule has 0 aromatic carbocycles. The van der Waals surface area contributed by atoms with Gasteiger partial charge in [0, 0.05) is 13.6 Å². The largest absolute Gasteiger partial charge is 0.394 e. The van der Waals surface area contributed by atoms with Crippen LogP contribution in [0.4, 0.5) is 0 Å². The van der Waals surface area contributed by atoms with Gasteiger partial charge in [0.25, 0.3) is 10.2 Å². The highest BCUT2D eigenvalue weighted by Gasteiger charge is 2.46. The van der Waals surface area contributed by atoms with Crippen molar-refractivity contribution in [1.82, 2.24) is 9.03 Å². The van der Waals surface area contributed by atoms with Gasteiger partial charge >= 0.3 is 0 Å². The first-order chi connectivity index (χ1) is 6.96. The van der Waals surface area contributed by atoms with Crippen LogP contribution >= 0.6 is 0 Å². The van der Waals surface area contributed by atoms with Crippen LogP contribution < -0.4 is 4.72 Å². The Balaban J connectivity index is 2.51. The third-order valence-electron chi connectivity index (χ3n) is 2.74. The third-order valence-corrected chi connectivity index (χ3v) is 4.43. The van der Waals surface area contributed by atoms with Crippen LogP contribution in [0.1, 0.15) is 32.6 Å². The molecular formula is C9H20N2O3S. The van der Waals surface area contributed by atoms with Gasteiger partial charge in [-0.3, -0.25) is 0 Å². The van der Waals surface area contributed by atoms with E-state index in [2.05, 4.69) is 4.72 Å². The fourth-order valence-corrected chi connectivity index (χ4v) is 2.64. The maximum absolute atomic E-state index is 11.8. The van der Waals surface area contributed by atoms with E-state index in [0.29, 0.717) is 6.54 Å². The molecule has 0 atom stereocenters. The predicted molar refractivity (Wildman–Crippen MR) is 58.6 cm³/mol. The Morgan fingerprint density at radius 1 is 1.47 bits per heavy atom. The van der Waals surface area contributed by atoms with Crippen molar-refractivity contribution in [3.63, 3.8) is 0 Å². The van der Waals surface area contributed by atoms with Crippen molar-refractivity contribution >= 4 is 10.2 Å². The minimum absolute atomic E-state index is 0.117. The van der Waals surface area contributed by atoms with Gasteiger partial charge in [0.05, 0.1) is 12.1 Å². The number of aliphatic hydroxyl groups excluding tert-OH is 1. The summed E-state index contributed by atoms with van der Waals surface area (Å²) in [6.07, 6.45) is 3.27. The maximum Gasteiger partial charge on any atom is 0.279 e. The monoisotopic (exact) mass is 236 g/mol. The molecule has 1 saturated carbocycles. The lowest BCUT2D eigenvalue weighted by Crippen LogP contribution is -2.46. The normalized spacial score (nSPS) is 19.5. The van der Waals surface area contributed by atoms with E-state index in [1.54, 1.807) is 7.05 Å². The van der Waals surface area contributed by atoms with Crippen LogP contribution in [-0.2, 0) is 10.2 Å². The molecule has 5 nitrogen and oxygen atoms in total. The van der Waals surface area contributed by atoms with Gasteiger partial charge in [-0.1, -0.05) is 13.3 Å². The number of hydrogen-bond acceptors (Lipinski definition) is 3. The number of rotatable bonds is 7. The number of nitrogens with zero attached hydrogens (tertiary/aromatic N) is 1. The van der Waals surface area contributed by atoms with E-state index < -0.39 is 15.7 Å². The van der Waals surface area contributed by atoms with Gasteiger partial charge in [-0.15, -0.1) is 0 Å². The molecular weight excluding hydrogens is 216 g/mol. The molecule has 1 rings (SSSR count). The van der Waals surface area contributed by atoms with Crippen LogP contribution in [0.5, 0.6) is 0 Å². The van der Waals surface area contributed by atoms with Crippen LogP contribution in [-0.4, -0.2) is 43.6 Å². The van der Waals surface area contributed by atoms with Gasteiger partial charge in [0.15, 0.2) is 0 Å². The van der Waals surface area contributed by atoms with E-state index in [9.17, 15) is 8.42 Å². The summed E-state index contributed by atoms with van der Waals surface area (Å²) in [6, 6.07) is 0. The second kappa shape index (κ2) is 4.78. The minimum Gasteiger partial charge on any atom is -0.394 e. The Kier molecular flexibility index (Phi) is 4.11. The van der Waals surface area contributed by atoms with E-state index in [1.165, 1.54) is 4.31 Å². The number of unbranched alkanes of at least 4 members (excludes halogenated alkanes) is 1.